The van der Waals surface area contributed by atoms with Gasteiger partial charge in [0, 0.05) is 6.21 Å². The van der Waals surface area contributed by atoms with Crippen molar-refractivity contribution in [2.24, 2.45) is 10.7 Å². The molecule has 0 heterocycles. The summed E-state index contributed by atoms with van der Waals surface area (Å²) in [6.07, 6.45) is 1.45. The highest BCUT2D eigenvalue weighted by Gasteiger charge is 2.14. The monoisotopic (exact) mass is 256 g/mol. The number of halogens is 1. The minimum absolute atomic E-state index is 0.348. The minimum atomic E-state index is -0.760. The number of rotatable bonds is 4. The number of hydrogen-bond acceptors (Lipinski definition) is 2. The molecule has 0 aliphatic rings. The maximum atomic E-state index is 13.0. The van der Waals surface area contributed by atoms with Crippen molar-refractivity contribution in [3.8, 4) is 0 Å². The summed E-state index contributed by atoms with van der Waals surface area (Å²) in [4.78, 5) is 15.6. The molecule has 1 atom stereocenters. The zero-order valence-corrected chi connectivity index (χ0v) is 10.2. The highest BCUT2D eigenvalue weighted by molar-refractivity contribution is 5.86. The standard InChI is InChI=1S/C15H13FN2O/c16-13-8-4-5-11(9-13)10-18-14(15(17)19)12-6-2-1-3-7-12/h1-10,14H,(H2,17,19)/t14-/m0/s1. The fourth-order valence-electron chi connectivity index (χ4n) is 1.71. The molecule has 3 nitrogen and oxygen atoms in total. The van der Waals surface area contributed by atoms with Crippen molar-refractivity contribution in [1.82, 2.24) is 0 Å². The van der Waals surface area contributed by atoms with Crippen LogP contribution in [0, 0.1) is 5.82 Å². The molecular formula is C15H13FN2O. The van der Waals surface area contributed by atoms with Gasteiger partial charge in [0.15, 0.2) is 6.04 Å². The SMILES string of the molecule is NC(=O)[C@@H](N=Cc1cccc(F)c1)c1ccccc1. The molecule has 0 unspecified atom stereocenters. The van der Waals surface area contributed by atoms with Crippen LogP contribution in [0.1, 0.15) is 17.2 Å². The lowest BCUT2D eigenvalue weighted by atomic mass is 10.1. The van der Waals surface area contributed by atoms with Crippen molar-refractivity contribution in [3.63, 3.8) is 0 Å². The smallest absolute Gasteiger partial charge is 0.246 e. The topological polar surface area (TPSA) is 55.5 Å². The number of primary amides is 1. The molecule has 2 aromatic rings. The zero-order chi connectivity index (χ0) is 13.7. The first-order chi connectivity index (χ1) is 9.16. The molecule has 1 amide bonds. The highest BCUT2D eigenvalue weighted by Crippen LogP contribution is 2.16. The van der Waals surface area contributed by atoms with Crippen LogP contribution < -0.4 is 5.73 Å². The van der Waals surface area contributed by atoms with Crippen molar-refractivity contribution in [2.45, 2.75) is 6.04 Å². The average Bonchev–Trinajstić information content (AvgIpc) is 2.40. The second kappa shape index (κ2) is 5.91. The lowest BCUT2D eigenvalue weighted by Gasteiger charge is -2.08. The van der Waals surface area contributed by atoms with Crippen LogP contribution in [-0.4, -0.2) is 12.1 Å². The van der Waals surface area contributed by atoms with Gasteiger partial charge in [0.1, 0.15) is 5.82 Å². The quantitative estimate of drug-likeness (QED) is 0.839. The van der Waals surface area contributed by atoms with Gasteiger partial charge in [0.25, 0.3) is 0 Å². The van der Waals surface area contributed by atoms with Crippen LogP contribution in [0.5, 0.6) is 0 Å². The Balaban J connectivity index is 2.25. The van der Waals surface area contributed by atoms with Gasteiger partial charge in [-0.15, -0.1) is 0 Å². The van der Waals surface area contributed by atoms with Crippen molar-refractivity contribution in [3.05, 3.63) is 71.5 Å². The van der Waals surface area contributed by atoms with Gasteiger partial charge in [-0.25, -0.2) is 4.39 Å². The molecule has 0 saturated carbocycles. The lowest BCUT2D eigenvalue weighted by molar-refractivity contribution is -0.119. The van der Waals surface area contributed by atoms with Crippen LogP contribution in [0.3, 0.4) is 0 Å². The third-order valence-electron chi connectivity index (χ3n) is 2.61. The van der Waals surface area contributed by atoms with Gasteiger partial charge in [-0.05, 0) is 23.3 Å². The van der Waals surface area contributed by atoms with E-state index in [1.807, 2.05) is 18.2 Å². The van der Waals surface area contributed by atoms with Crippen LogP contribution in [0.2, 0.25) is 0 Å². The van der Waals surface area contributed by atoms with Crippen LogP contribution in [0.4, 0.5) is 4.39 Å². The second-order valence-electron chi connectivity index (χ2n) is 4.05. The number of aliphatic imine (C=N–C) groups is 1. The third kappa shape index (κ3) is 3.48. The Morgan fingerprint density at radius 2 is 1.89 bits per heavy atom. The molecule has 0 bridgehead atoms. The summed E-state index contributed by atoms with van der Waals surface area (Å²) >= 11 is 0. The molecule has 0 aromatic heterocycles. The van der Waals surface area contributed by atoms with E-state index in [0.29, 0.717) is 11.1 Å². The maximum Gasteiger partial charge on any atom is 0.246 e. The van der Waals surface area contributed by atoms with E-state index in [-0.39, 0.29) is 5.82 Å². The number of nitrogens with zero attached hydrogens (tertiary/aromatic N) is 1. The molecule has 2 aromatic carbocycles. The molecule has 96 valence electrons. The van der Waals surface area contributed by atoms with Gasteiger partial charge in [-0.1, -0.05) is 42.5 Å². The predicted octanol–water partition coefficient (Wildman–Crippen LogP) is 2.47. The van der Waals surface area contributed by atoms with E-state index >= 15 is 0 Å². The van der Waals surface area contributed by atoms with Crippen molar-refractivity contribution < 1.29 is 9.18 Å². The van der Waals surface area contributed by atoms with E-state index in [1.54, 1.807) is 24.3 Å². The highest BCUT2D eigenvalue weighted by atomic mass is 19.1. The zero-order valence-electron chi connectivity index (χ0n) is 10.2. The van der Waals surface area contributed by atoms with Crippen LogP contribution >= 0.6 is 0 Å². The summed E-state index contributed by atoms with van der Waals surface area (Å²) in [5.74, 6) is -0.891. The first-order valence-electron chi connectivity index (χ1n) is 5.80. The summed E-state index contributed by atoms with van der Waals surface area (Å²) in [6.45, 7) is 0. The van der Waals surface area contributed by atoms with Gasteiger partial charge in [-0.3, -0.25) is 9.79 Å². The number of hydrogen-bond donors (Lipinski definition) is 1. The molecule has 0 spiro atoms. The maximum absolute atomic E-state index is 13.0. The predicted molar refractivity (Wildman–Crippen MR) is 72.4 cm³/mol. The summed E-state index contributed by atoms with van der Waals surface area (Å²) in [5, 5.41) is 0. The number of amides is 1. The Bertz CT molecular complexity index is 596. The summed E-state index contributed by atoms with van der Waals surface area (Å²) in [7, 11) is 0. The van der Waals surface area contributed by atoms with Gasteiger partial charge < -0.3 is 5.73 Å². The molecule has 0 saturated heterocycles. The Hall–Kier alpha value is -2.49. The average molecular weight is 256 g/mol. The van der Waals surface area contributed by atoms with E-state index in [9.17, 15) is 9.18 Å². The Labute approximate surface area is 110 Å². The molecule has 0 aliphatic heterocycles. The van der Waals surface area contributed by atoms with E-state index < -0.39 is 11.9 Å². The summed E-state index contributed by atoms with van der Waals surface area (Å²) in [5.41, 5.74) is 6.63. The minimum Gasteiger partial charge on any atom is -0.368 e. The fourth-order valence-corrected chi connectivity index (χ4v) is 1.71. The number of nitrogens with two attached hydrogens (primary N) is 1. The number of benzene rings is 2. The first kappa shape index (κ1) is 13.0. The first-order valence-corrected chi connectivity index (χ1v) is 5.80. The molecule has 2 N–H and O–H groups in total. The molecule has 2 rings (SSSR count). The second-order valence-corrected chi connectivity index (χ2v) is 4.05. The van der Waals surface area contributed by atoms with Crippen molar-refractivity contribution >= 4 is 12.1 Å². The van der Waals surface area contributed by atoms with Gasteiger partial charge in [0.05, 0.1) is 0 Å². The van der Waals surface area contributed by atoms with Crippen LogP contribution in [-0.2, 0) is 4.79 Å². The van der Waals surface area contributed by atoms with Crippen molar-refractivity contribution in [1.29, 1.82) is 0 Å². The molecule has 0 fully saturated rings. The molecule has 0 radical (unpaired) electrons. The van der Waals surface area contributed by atoms with Crippen LogP contribution in [0.15, 0.2) is 59.6 Å². The van der Waals surface area contributed by atoms with E-state index in [0.717, 1.165) is 0 Å². The fraction of sp³-hybridized carbons (Fsp3) is 0.0667. The van der Waals surface area contributed by atoms with Gasteiger partial charge >= 0.3 is 0 Å². The third-order valence-corrected chi connectivity index (χ3v) is 2.61. The van der Waals surface area contributed by atoms with E-state index in [1.165, 1.54) is 18.3 Å². The molecular weight excluding hydrogens is 243 g/mol. The summed E-state index contributed by atoms with van der Waals surface area (Å²) < 4.78 is 13.0. The normalized spacial score (nSPS) is 12.5. The largest absolute Gasteiger partial charge is 0.368 e. The number of carbonyl (C=O) groups excluding carboxylic acids is 1. The molecule has 19 heavy (non-hydrogen) atoms. The van der Waals surface area contributed by atoms with E-state index in [2.05, 4.69) is 4.99 Å². The van der Waals surface area contributed by atoms with Gasteiger partial charge in [-0.2, -0.15) is 0 Å². The number of carbonyl (C=O) groups is 1. The molecule has 0 aliphatic carbocycles. The van der Waals surface area contributed by atoms with Crippen molar-refractivity contribution in [2.75, 3.05) is 0 Å². The Morgan fingerprint density at radius 1 is 1.16 bits per heavy atom. The lowest BCUT2D eigenvalue weighted by Crippen LogP contribution is -2.20. The molecule has 4 heteroatoms. The Morgan fingerprint density at radius 3 is 2.53 bits per heavy atom. The van der Waals surface area contributed by atoms with E-state index in [4.69, 9.17) is 5.73 Å². The Kier molecular flexibility index (Phi) is 4.03. The van der Waals surface area contributed by atoms with Gasteiger partial charge in [0.2, 0.25) is 5.91 Å². The van der Waals surface area contributed by atoms with Crippen LogP contribution in [0.25, 0.3) is 0 Å². The summed E-state index contributed by atoms with van der Waals surface area (Å²) in [6, 6.07) is 14.2.